The molecule has 0 amide bonds. The van der Waals surface area contributed by atoms with Crippen molar-refractivity contribution in [2.75, 3.05) is 6.54 Å². The first-order chi connectivity index (χ1) is 8.79. The van der Waals surface area contributed by atoms with Gasteiger partial charge in [-0.2, -0.15) is 0 Å². The van der Waals surface area contributed by atoms with Gasteiger partial charge < -0.3 is 9.88 Å². The predicted molar refractivity (Wildman–Crippen MR) is 70.0 cm³/mol. The molecule has 0 saturated carbocycles. The third kappa shape index (κ3) is 1.90. The summed E-state index contributed by atoms with van der Waals surface area (Å²) >= 11 is 0. The van der Waals surface area contributed by atoms with Gasteiger partial charge in [-0.15, -0.1) is 0 Å². The third-order valence-electron chi connectivity index (χ3n) is 3.56. The fourth-order valence-electron chi connectivity index (χ4n) is 2.75. The highest BCUT2D eigenvalue weighted by Gasteiger charge is 2.22. The third-order valence-corrected chi connectivity index (χ3v) is 3.56. The quantitative estimate of drug-likeness (QED) is 0.903. The Morgan fingerprint density at radius 1 is 1.50 bits per heavy atom. The fourth-order valence-corrected chi connectivity index (χ4v) is 2.75. The monoisotopic (exact) mass is 247 g/mol. The highest BCUT2D eigenvalue weighted by atomic mass is 19.1. The van der Waals surface area contributed by atoms with Gasteiger partial charge in [-0.1, -0.05) is 6.92 Å². The van der Waals surface area contributed by atoms with Gasteiger partial charge in [0.15, 0.2) is 0 Å². The molecule has 18 heavy (non-hydrogen) atoms. The topological polar surface area (TPSA) is 29.9 Å². The van der Waals surface area contributed by atoms with Crippen molar-refractivity contribution < 1.29 is 4.39 Å². The lowest BCUT2D eigenvalue weighted by atomic mass is 10.2. The molecule has 1 fully saturated rings. The number of nitrogens with one attached hydrogen (secondary N) is 1. The van der Waals surface area contributed by atoms with Crippen molar-refractivity contribution >= 4 is 11.0 Å². The first-order valence-electron chi connectivity index (χ1n) is 6.68. The number of hydrogen-bond donors (Lipinski definition) is 1. The van der Waals surface area contributed by atoms with Gasteiger partial charge in [0.1, 0.15) is 11.6 Å². The minimum Gasteiger partial charge on any atom is -0.327 e. The fraction of sp³-hybridized carbons (Fsp3) is 0.500. The van der Waals surface area contributed by atoms with Gasteiger partial charge in [-0.25, -0.2) is 9.37 Å². The Labute approximate surface area is 106 Å². The summed E-state index contributed by atoms with van der Waals surface area (Å²) in [6.07, 6.45) is 3.37. The van der Waals surface area contributed by atoms with Crippen molar-refractivity contribution in [1.82, 2.24) is 14.9 Å². The molecule has 1 atom stereocenters. The summed E-state index contributed by atoms with van der Waals surface area (Å²) in [6, 6.07) is 5.21. The van der Waals surface area contributed by atoms with Gasteiger partial charge in [-0.05, 0) is 37.9 Å². The molecule has 0 spiro atoms. The van der Waals surface area contributed by atoms with Gasteiger partial charge in [0, 0.05) is 12.6 Å². The molecule has 3 nitrogen and oxygen atoms in total. The van der Waals surface area contributed by atoms with Crippen LogP contribution in [-0.2, 0) is 6.54 Å². The average Bonchev–Trinajstić information content (AvgIpc) is 2.97. The molecule has 4 heteroatoms. The Balaban J connectivity index is 2.13. The lowest BCUT2D eigenvalue weighted by Crippen LogP contribution is -2.18. The number of aromatic nitrogens is 2. The zero-order valence-electron chi connectivity index (χ0n) is 10.6. The van der Waals surface area contributed by atoms with E-state index in [0.29, 0.717) is 6.04 Å². The van der Waals surface area contributed by atoms with Crippen molar-refractivity contribution in [3.8, 4) is 0 Å². The minimum absolute atomic E-state index is 0.213. The zero-order valence-corrected chi connectivity index (χ0v) is 10.6. The van der Waals surface area contributed by atoms with Gasteiger partial charge in [-0.3, -0.25) is 0 Å². The van der Waals surface area contributed by atoms with Crippen molar-refractivity contribution in [3.63, 3.8) is 0 Å². The Hall–Kier alpha value is -1.42. The van der Waals surface area contributed by atoms with Crippen molar-refractivity contribution in [2.24, 2.45) is 0 Å². The SMILES string of the molecule is CCCn1c(C2CCCN2)nc2cc(F)ccc21. The molecule has 1 aliphatic rings. The Kier molecular flexibility index (Phi) is 3.04. The van der Waals surface area contributed by atoms with Crippen LogP contribution in [0, 0.1) is 5.82 Å². The van der Waals surface area contributed by atoms with Crippen LogP contribution in [0.5, 0.6) is 0 Å². The summed E-state index contributed by atoms with van der Waals surface area (Å²) in [5.74, 6) is 0.851. The standard InChI is InChI=1S/C14H18FN3/c1-2-8-18-13-6-5-10(15)9-12(13)17-14(18)11-4-3-7-16-11/h5-6,9,11,16H,2-4,7-8H2,1H3. The van der Waals surface area contributed by atoms with Crippen molar-refractivity contribution in [1.29, 1.82) is 0 Å². The maximum Gasteiger partial charge on any atom is 0.127 e. The summed E-state index contributed by atoms with van der Waals surface area (Å²) in [5.41, 5.74) is 1.81. The van der Waals surface area contributed by atoms with E-state index in [2.05, 4.69) is 21.8 Å². The van der Waals surface area contributed by atoms with E-state index in [1.54, 1.807) is 0 Å². The van der Waals surface area contributed by atoms with Crippen LogP contribution >= 0.6 is 0 Å². The number of hydrogen-bond acceptors (Lipinski definition) is 2. The summed E-state index contributed by atoms with van der Waals surface area (Å²) in [7, 11) is 0. The van der Waals surface area contributed by atoms with Crippen LogP contribution in [0.15, 0.2) is 18.2 Å². The van der Waals surface area contributed by atoms with E-state index >= 15 is 0 Å². The van der Waals surface area contributed by atoms with Crippen LogP contribution in [0.2, 0.25) is 0 Å². The summed E-state index contributed by atoms with van der Waals surface area (Å²) in [4.78, 5) is 4.63. The second-order valence-corrected chi connectivity index (χ2v) is 4.90. The Morgan fingerprint density at radius 2 is 2.39 bits per heavy atom. The molecule has 0 aliphatic carbocycles. The van der Waals surface area contributed by atoms with E-state index in [0.717, 1.165) is 42.8 Å². The Bertz CT molecular complexity index is 555. The molecule has 1 unspecified atom stereocenters. The number of fused-ring (bicyclic) bond motifs is 1. The van der Waals surface area contributed by atoms with Crippen molar-refractivity contribution in [2.45, 2.75) is 38.8 Å². The van der Waals surface area contributed by atoms with Crippen LogP contribution in [0.1, 0.15) is 38.1 Å². The van der Waals surface area contributed by atoms with Crippen LogP contribution in [0.3, 0.4) is 0 Å². The van der Waals surface area contributed by atoms with E-state index in [4.69, 9.17) is 0 Å². The molecule has 1 N–H and O–H groups in total. The number of rotatable bonds is 3. The normalized spacial score (nSPS) is 19.8. The van der Waals surface area contributed by atoms with Crippen LogP contribution in [0.25, 0.3) is 11.0 Å². The maximum atomic E-state index is 13.3. The van der Waals surface area contributed by atoms with E-state index in [-0.39, 0.29) is 5.82 Å². The molecule has 1 saturated heterocycles. The maximum absolute atomic E-state index is 13.3. The molecular formula is C14H18FN3. The Morgan fingerprint density at radius 3 is 3.11 bits per heavy atom. The average molecular weight is 247 g/mol. The summed E-state index contributed by atoms with van der Waals surface area (Å²) in [6.45, 7) is 4.14. The zero-order chi connectivity index (χ0) is 12.5. The van der Waals surface area contributed by atoms with Gasteiger partial charge in [0.25, 0.3) is 0 Å². The van der Waals surface area contributed by atoms with Gasteiger partial charge >= 0.3 is 0 Å². The summed E-state index contributed by atoms with van der Waals surface area (Å²) < 4.78 is 15.5. The molecule has 2 aromatic rings. The predicted octanol–water partition coefficient (Wildman–Crippen LogP) is 3.01. The first kappa shape index (κ1) is 11.7. The molecule has 2 heterocycles. The highest BCUT2D eigenvalue weighted by Crippen LogP contribution is 2.27. The number of aryl methyl sites for hydroxylation is 1. The number of nitrogens with zero attached hydrogens (tertiary/aromatic N) is 2. The van der Waals surface area contributed by atoms with E-state index in [1.807, 2.05) is 6.07 Å². The van der Waals surface area contributed by atoms with Gasteiger partial charge in [0.05, 0.1) is 17.1 Å². The lowest BCUT2D eigenvalue weighted by Gasteiger charge is -2.13. The smallest absolute Gasteiger partial charge is 0.127 e. The molecular weight excluding hydrogens is 229 g/mol. The highest BCUT2D eigenvalue weighted by molar-refractivity contribution is 5.76. The molecule has 1 aromatic heterocycles. The molecule has 96 valence electrons. The summed E-state index contributed by atoms with van der Waals surface area (Å²) in [5, 5.41) is 3.47. The largest absolute Gasteiger partial charge is 0.327 e. The molecule has 1 aliphatic heterocycles. The van der Waals surface area contributed by atoms with Crippen LogP contribution in [0.4, 0.5) is 4.39 Å². The molecule has 0 radical (unpaired) electrons. The van der Waals surface area contributed by atoms with E-state index in [9.17, 15) is 4.39 Å². The van der Waals surface area contributed by atoms with Crippen LogP contribution < -0.4 is 5.32 Å². The molecule has 0 bridgehead atoms. The van der Waals surface area contributed by atoms with Crippen LogP contribution in [-0.4, -0.2) is 16.1 Å². The van der Waals surface area contributed by atoms with Crippen molar-refractivity contribution in [3.05, 3.63) is 29.8 Å². The number of halogens is 1. The minimum atomic E-state index is -0.213. The number of benzene rings is 1. The number of imidazole rings is 1. The molecule has 1 aromatic carbocycles. The second-order valence-electron chi connectivity index (χ2n) is 4.90. The second kappa shape index (κ2) is 4.69. The van der Waals surface area contributed by atoms with Gasteiger partial charge in [0.2, 0.25) is 0 Å². The molecule has 3 rings (SSSR count). The first-order valence-corrected chi connectivity index (χ1v) is 6.68. The van der Waals surface area contributed by atoms with E-state index < -0.39 is 0 Å². The van der Waals surface area contributed by atoms with E-state index in [1.165, 1.54) is 18.6 Å². The lowest BCUT2D eigenvalue weighted by molar-refractivity contribution is 0.550.